The first-order valence-corrected chi connectivity index (χ1v) is 10.3. The van der Waals surface area contributed by atoms with Crippen LogP contribution in [0.4, 0.5) is 10.5 Å². The van der Waals surface area contributed by atoms with E-state index in [0.717, 1.165) is 34.9 Å². The lowest BCUT2D eigenvalue weighted by molar-refractivity contribution is -0.138. The third-order valence-corrected chi connectivity index (χ3v) is 6.47. The number of hydrogen-bond acceptors (Lipinski definition) is 5. The van der Waals surface area contributed by atoms with Crippen LogP contribution in [0.1, 0.15) is 19.4 Å². The Bertz CT molecular complexity index is 875. The fraction of sp³-hybridized carbons (Fsp3) is 0.524. The lowest BCUT2D eigenvalue weighted by Gasteiger charge is -2.46. The molecule has 0 radical (unpaired) electrons. The van der Waals surface area contributed by atoms with Gasteiger partial charge >= 0.3 is 6.03 Å². The minimum atomic E-state index is -0.424. The monoisotopic (exact) mass is 417 g/mol. The summed E-state index contributed by atoms with van der Waals surface area (Å²) in [6.45, 7) is 11.8. The maximum Gasteiger partial charge on any atom is 0.328 e. The molecule has 3 aliphatic rings. The lowest BCUT2D eigenvalue weighted by atomic mass is 10.0. The van der Waals surface area contributed by atoms with Gasteiger partial charge < -0.3 is 9.80 Å². The van der Waals surface area contributed by atoms with Gasteiger partial charge in [0, 0.05) is 30.8 Å². The van der Waals surface area contributed by atoms with Gasteiger partial charge in [-0.05, 0) is 37.5 Å². The van der Waals surface area contributed by atoms with Crippen molar-refractivity contribution >= 4 is 29.2 Å². The molecule has 7 nitrogen and oxygen atoms in total. The molecule has 0 saturated carbocycles. The lowest BCUT2D eigenvalue weighted by Crippen LogP contribution is -2.66. The van der Waals surface area contributed by atoms with Crippen LogP contribution in [0.2, 0.25) is 5.02 Å². The molecule has 1 N–H and O–H groups in total. The molecule has 8 heteroatoms. The smallest absolute Gasteiger partial charge is 0.328 e. The van der Waals surface area contributed by atoms with Gasteiger partial charge in [-0.1, -0.05) is 36.7 Å². The molecule has 4 unspecified atom stereocenters. The largest absolute Gasteiger partial charge is 0.343 e. The van der Waals surface area contributed by atoms with Crippen molar-refractivity contribution in [1.29, 1.82) is 0 Å². The Hall–Kier alpha value is -2.09. The number of likely N-dealkylation sites (N-methyl/N-ethyl adjacent to an activating group) is 1. The highest BCUT2D eigenvalue weighted by molar-refractivity contribution is 6.31. The minimum Gasteiger partial charge on any atom is -0.343 e. The number of rotatable bonds is 3. The van der Waals surface area contributed by atoms with Gasteiger partial charge in [0.05, 0.1) is 6.54 Å². The fourth-order valence-corrected chi connectivity index (χ4v) is 4.89. The third-order valence-electron chi connectivity index (χ3n) is 6.06. The number of nitrogens with zero attached hydrogens (tertiary/aromatic N) is 4. The molecular formula is C21H28ClN5O2. The Kier molecular flexibility index (Phi) is 5.09. The van der Waals surface area contributed by atoms with Crippen molar-refractivity contribution in [3.63, 3.8) is 0 Å². The van der Waals surface area contributed by atoms with Crippen LogP contribution in [-0.2, 0) is 4.79 Å². The summed E-state index contributed by atoms with van der Waals surface area (Å²) in [7, 11) is 1.75. The molecule has 0 bridgehead atoms. The Balaban J connectivity index is 1.71. The number of nitrogens with one attached hydrogen (secondary N) is 1. The molecule has 29 heavy (non-hydrogen) atoms. The SMILES string of the molecule is C=C(C)CN1C(=O)C2C(NC3N(c4cccc(Cl)c4C)CC(C)CN23)N(C)C1=O. The predicted octanol–water partition coefficient (Wildman–Crippen LogP) is 2.46. The highest BCUT2D eigenvalue weighted by atomic mass is 35.5. The van der Waals surface area contributed by atoms with Crippen molar-refractivity contribution in [3.8, 4) is 0 Å². The van der Waals surface area contributed by atoms with Gasteiger partial charge in [-0.3, -0.25) is 19.9 Å². The fourth-order valence-electron chi connectivity index (χ4n) is 4.73. The van der Waals surface area contributed by atoms with Crippen molar-refractivity contribution in [3.05, 3.63) is 40.9 Å². The average molecular weight is 418 g/mol. The third kappa shape index (κ3) is 3.21. The van der Waals surface area contributed by atoms with E-state index in [0.29, 0.717) is 5.92 Å². The molecule has 0 aliphatic carbocycles. The summed E-state index contributed by atoms with van der Waals surface area (Å²) < 4.78 is 0. The Morgan fingerprint density at radius 3 is 2.72 bits per heavy atom. The van der Waals surface area contributed by atoms with E-state index in [4.69, 9.17) is 11.6 Å². The zero-order valence-corrected chi connectivity index (χ0v) is 18.1. The maximum atomic E-state index is 13.3. The number of fused-ring (bicyclic) bond motifs is 3. The molecule has 1 aromatic rings. The van der Waals surface area contributed by atoms with E-state index in [1.807, 2.05) is 26.0 Å². The summed E-state index contributed by atoms with van der Waals surface area (Å²) in [4.78, 5) is 33.6. The summed E-state index contributed by atoms with van der Waals surface area (Å²) in [5, 5.41) is 4.26. The van der Waals surface area contributed by atoms with Crippen LogP contribution in [0, 0.1) is 12.8 Å². The van der Waals surface area contributed by atoms with E-state index >= 15 is 0 Å². The summed E-state index contributed by atoms with van der Waals surface area (Å²) in [5.41, 5.74) is 2.84. The zero-order valence-electron chi connectivity index (χ0n) is 17.4. The Labute approximate surface area is 176 Å². The number of amides is 3. The molecule has 3 fully saturated rings. The van der Waals surface area contributed by atoms with Crippen molar-refractivity contribution in [2.45, 2.75) is 39.3 Å². The number of halogens is 1. The zero-order chi connectivity index (χ0) is 21.0. The van der Waals surface area contributed by atoms with E-state index < -0.39 is 6.04 Å². The van der Waals surface area contributed by atoms with Gasteiger partial charge in [0.2, 0.25) is 0 Å². The average Bonchev–Trinajstić information content (AvgIpc) is 3.04. The number of hydrogen-bond donors (Lipinski definition) is 1. The molecule has 3 amide bonds. The van der Waals surface area contributed by atoms with Crippen molar-refractivity contribution in [1.82, 2.24) is 20.0 Å². The molecule has 0 spiro atoms. The number of imide groups is 1. The summed E-state index contributed by atoms with van der Waals surface area (Å²) in [5.74, 6) is 0.198. The highest BCUT2D eigenvalue weighted by Gasteiger charge is 2.56. The normalized spacial score (nSPS) is 29.9. The molecule has 1 aromatic carbocycles. The van der Waals surface area contributed by atoms with E-state index in [-0.39, 0.29) is 30.9 Å². The molecule has 3 heterocycles. The van der Waals surface area contributed by atoms with Crippen LogP contribution in [0.3, 0.4) is 0 Å². The van der Waals surface area contributed by atoms with Crippen LogP contribution in [-0.4, -0.2) is 71.8 Å². The van der Waals surface area contributed by atoms with Gasteiger partial charge in [-0.25, -0.2) is 4.79 Å². The van der Waals surface area contributed by atoms with Crippen LogP contribution in [0.15, 0.2) is 30.4 Å². The summed E-state index contributed by atoms with van der Waals surface area (Å²) in [6, 6.07) is 5.19. The quantitative estimate of drug-likeness (QED) is 0.765. The second-order valence-electron chi connectivity index (χ2n) is 8.54. The first-order chi connectivity index (χ1) is 13.7. The molecule has 3 saturated heterocycles. The summed E-state index contributed by atoms with van der Waals surface area (Å²) in [6.07, 6.45) is -0.545. The molecule has 156 valence electrons. The van der Waals surface area contributed by atoms with Crippen molar-refractivity contribution in [2.24, 2.45) is 5.92 Å². The first-order valence-electron chi connectivity index (χ1n) is 9.96. The first kappa shape index (κ1) is 20.2. The Morgan fingerprint density at radius 1 is 1.31 bits per heavy atom. The second kappa shape index (κ2) is 7.31. The van der Waals surface area contributed by atoms with Crippen LogP contribution < -0.4 is 10.2 Å². The highest BCUT2D eigenvalue weighted by Crippen LogP contribution is 2.36. The Morgan fingerprint density at radius 2 is 2.03 bits per heavy atom. The molecule has 0 aromatic heterocycles. The molecule has 3 aliphatic heterocycles. The van der Waals surface area contributed by atoms with Crippen LogP contribution in [0.5, 0.6) is 0 Å². The number of anilines is 1. The topological polar surface area (TPSA) is 59.1 Å². The minimum absolute atomic E-state index is 0.159. The van der Waals surface area contributed by atoms with Crippen LogP contribution in [0.25, 0.3) is 0 Å². The van der Waals surface area contributed by atoms with E-state index in [9.17, 15) is 9.59 Å². The van der Waals surface area contributed by atoms with Gasteiger partial charge in [0.1, 0.15) is 18.5 Å². The number of carbonyl (C=O) groups is 2. The van der Waals surface area contributed by atoms with Gasteiger partial charge in [0.25, 0.3) is 5.91 Å². The van der Waals surface area contributed by atoms with Gasteiger partial charge in [0.15, 0.2) is 0 Å². The van der Waals surface area contributed by atoms with E-state index in [1.165, 1.54) is 4.90 Å². The molecule has 4 atom stereocenters. The number of benzene rings is 1. The van der Waals surface area contributed by atoms with E-state index in [2.05, 4.69) is 34.7 Å². The molecular weight excluding hydrogens is 390 g/mol. The standard InChI is InChI=1S/C21H28ClN5O2/c1-12(2)9-27-19(28)17-18(24(5)21(27)29)23-20-25(10-13(3)11-26(17)20)16-8-6-7-15(22)14(16)4/h6-8,13,17-18,20,23H,1,9-11H2,2-5H3. The second-order valence-corrected chi connectivity index (χ2v) is 8.95. The van der Waals surface area contributed by atoms with Crippen molar-refractivity contribution < 1.29 is 9.59 Å². The van der Waals surface area contributed by atoms with Gasteiger partial charge in [-0.15, -0.1) is 0 Å². The predicted molar refractivity (Wildman–Crippen MR) is 114 cm³/mol. The van der Waals surface area contributed by atoms with Gasteiger partial charge in [-0.2, -0.15) is 0 Å². The number of carbonyl (C=O) groups excluding carboxylic acids is 2. The maximum absolute atomic E-state index is 13.3. The summed E-state index contributed by atoms with van der Waals surface area (Å²) >= 11 is 6.38. The van der Waals surface area contributed by atoms with E-state index in [1.54, 1.807) is 11.9 Å². The number of urea groups is 1. The van der Waals surface area contributed by atoms with Crippen molar-refractivity contribution in [2.75, 3.05) is 31.6 Å². The molecule has 4 rings (SSSR count). The van der Waals surface area contributed by atoms with Crippen LogP contribution >= 0.6 is 11.6 Å².